The molecule has 8 N–H and O–H groups in total. The maximum atomic E-state index is 14.4. The van der Waals surface area contributed by atoms with Crippen molar-refractivity contribution in [2.24, 2.45) is 11.1 Å². The summed E-state index contributed by atoms with van der Waals surface area (Å²) in [5.74, 6) is -4.55. The zero-order valence-corrected chi connectivity index (χ0v) is 28.8. The molecule has 272 valence electrons. The van der Waals surface area contributed by atoms with Gasteiger partial charge >= 0.3 is 17.9 Å². The van der Waals surface area contributed by atoms with Gasteiger partial charge in [0.05, 0.1) is 47.4 Å². The largest absolute Gasteiger partial charge is 0.481 e. The van der Waals surface area contributed by atoms with E-state index in [0.29, 0.717) is 82.5 Å². The second-order valence-corrected chi connectivity index (χ2v) is 13.6. The van der Waals surface area contributed by atoms with Gasteiger partial charge < -0.3 is 41.5 Å². The van der Waals surface area contributed by atoms with Gasteiger partial charge in [-0.25, -0.2) is 19.2 Å². The summed E-state index contributed by atoms with van der Waals surface area (Å²) in [6.45, 7) is 2.40. The smallest absolute Gasteiger partial charge is 0.336 e. The topological polar surface area (TPSA) is 252 Å². The molecule has 0 bridgehead atoms. The number of nitrogens with one attached hydrogen (secondary N) is 2. The van der Waals surface area contributed by atoms with Crippen LogP contribution in [0.5, 0.6) is 0 Å². The molecule has 1 aliphatic heterocycles. The van der Waals surface area contributed by atoms with E-state index in [0.717, 1.165) is 0 Å². The van der Waals surface area contributed by atoms with E-state index in [-0.39, 0.29) is 18.6 Å². The lowest BCUT2D eigenvalue weighted by Crippen LogP contribution is -2.42. The highest BCUT2D eigenvalue weighted by molar-refractivity contribution is 6.41. The SMILES string of the molecule is CC1(C(N)=O)CCC(n2c(Nc3c(Cl)cc(Cl)cc3Cl)nc3cnc(N[C@@H]4CCOC[C@H]4F)nc32)CC1.O=C(O)CC(O)(CC(=O)O)C(=O)O. The third kappa shape index (κ3) is 9.19. The van der Waals surface area contributed by atoms with Gasteiger partial charge in [0.15, 0.2) is 11.2 Å². The molecule has 0 radical (unpaired) electrons. The van der Waals surface area contributed by atoms with E-state index in [1.165, 1.54) is 0 Å². The molecule has 0 spiro atoms. The van der Waals surface area contributed by atoms with Gasteiger partial charge in [-0.1, -0.05) is 41.7 Å². The summed E-state index contributed by atoms with van der Waals surface area (Å²) in [5.41, 5.74) is 3.93. The first-order chi connectivity index (χ1) is 23.4. The average Bonchev–Trinajstić information content (AvgIpc) is 3.37. The van der Waals surface area contributed by atoms with Crippen molar-refractivity contribution in [3.8, 4) is 0 Å². The van der Waals surface area contributed by atoms with Gasteiger partial charge in [0.2, 0.25) is 17.8 Å². The first kappa shape index (κ1) is 38.8. The molecule has 1 saturated heterocycles. The normalized spacial score (nSPS) is 22.2. The predicted octanol–water partition coefficient (Wildman–Crippen LogP) is 4.43. The van der Waals surface area contributed by atoms with Crippen LogP contribution in [0.1, 0.15) is 57.9 Å². The summed E-state index contributed by atoms with van der Waals surface area (Å²) in [6.07, 6.45) is 1.27. The van der Waals surface area contributed by atoms with Crippen molar-refractivity contribution in [2.75, 3.05) is 23.8 Å². The number of halogens is 4. The van der Waals surface area contributed by atoms with Gasteiger partial charge in [-0.15, -0.1) is 0 Å². The van der Waals surface area contributed by atoms with Crippen LogP contribution in [-0.2, 0) is 23.9 Å². The van der Waals surface area contributed by atoms with E-state index in [1.54, 1.807) is 18.3 Å². The zero-order chi connectivity index (χ0) is 37.0. The number of rotatable bonds is 11. The molecule has 2 aliphatic rings. The summed E-state index contributed by atoms with van der Waals surface area (Å²) < 4.78 is 21.5. The Morgan fingerprint density at radius 3 is 2.18 bits per heavy atom. The number of amides is 1. The lowest BCUT2D eigenvalue weighted by Gasteiger charge is -2.35. The van der Waals surface area contributed by atoms with Crippen molar-refractivity contribution in [1.29, 1.82) is 0 Å². The minimum Gasteiger partial charge on any atom is -0.481 e. The molecule has 2 aromatic heterocycles. The van der Waals surface area contributed by atoms with Gasteiger partial charge in [0.1, 0.15) is 11.7 Å². The molecule has 3 heterocycles. The van der Waals surface area contributed by atoms with Crippen molar-refractivity contribution in [3.05, 3.63) is 33.4 Å². The molecule has 1 aliphatic carbocycles. The zero-order valence-electron chi connectivity index (χ0n) is 26.5. The summed E-state index contributed by atoms with van der Waals surface area (Å²) in [5, 5.41) is 41.2. The van der Waals surface area contributed by atoms with Gasteiger partial charge in [-0.05, 0) is 44.2 Å². The molecule has 1 amide bonds. The fraction of sp³-hybridized carbons (Fsp3) is 0.500. The Bertz CT molecular complexity index is 1730. The number of aromatic nitrogens is 4. The first-order valence-electron chi connectivity index (χ1n) is 15.3. The Morgan fingerprint density at radius 1 is 1.06 bits per heavy atom. The van der Waals surface area contributed by atoms with Gasteiger partial charge in [-0.2, -0.15) is 4.98 Å². The quantitative estimate of drug-likeness (QED) is 0.143. The fourth-order valence-electron chi connectivity index (χ4n) is 5.66. The van der Waals surface area contributed by atoms with Crippen LogP contribution < -0.4 is 16.4 Å². The molecular weight excluding hydrogens is 728 g/mol. The summed E-state index contributed by atoms with van der Waals surface area (Å²) >= 11 is 19.0. The maximum Gasteiger partial charge on any atom is 0.336 e. The highest BCUT2D eigenvalue weighted by Gasteiger charge is 2.41. The number of fused-ring (bicyclic) bond motifs is 1. The average molecular weight is 763 g/mol. The summed E-state index contributed by atoms with van der Waals surface area (Å²) in [6, 6.07) is 2.70. The first-order valence-corrected chi connectivity index (χ1v) is 16.4. The second-order valence-electron chi connectivity index (χ2n) is 12.3. The number of anilines is 3. The number of carboxylic acids is 3. The predicted molar refractivity (Wildman–Crippen MR) is 180 cm³/mol. The van der Waals surface area contributed by atoms with E-state index in [1.807, 2.05) is 11.5 Å². The fourth-order valence-corrected chi connectivity index (χ4v) is 6.57. The summed E-state index contributed by atoms with van der Waals surface area (Å²) in [7, 11) is 0. The highest BCUT2D eigenvalue weighted by Crippen LogP contribution is 2.44. The third-order valence-corrected chi connectivity index (χ3v) is 9.40. The lowest BCUT2D eigenvalue weighted by molar-refractivity contribution is -0.170. The van der Waals surface area contributed by atoms with Crippen LogP contribution in [0.15, 0.2) is 18.3 Å². The molecule has 20 heteroatoms. The number of primary amides is 1. The number of carboxylic acid groups (broad SMARTS) is 3. The molecule has 5 rings (SSSR count). The number of carbonyl (C=O) groups excluding carboxylic acids is 1. The third-order valence-electron chi connectivity index (χ3n) is 8.58. The molecule has 1 saturated carbocycles. The van der Waals surface area contributed by atoms with Crippen LogP contribution in [0, 0.1) is 5.41 Å². The standard InChI is InChI=1S/C24H27Cl3FN7O2.C6H8O7/c1-24(21(29)36)5-2-13(3-6-24)35-20-18(10-30-22(34-20)31-17-4-7-37-11-16(17)28)32-23(35)33-19-14(26)8-12(25)9-15(19)27;7-3(8)1-6(13,5(11)12)2-4(9)10/h8-10,13,16-17H,2-7,11H2,1H3,(H2,29,36)(H,32,33)(H,30,31,34);13H,1-2H2,(H,7,8)(H,9,10)(H,11,12)/t13?,16-,17-,24?;/m1./s1. The number of hydrogen-bond donors (Lipinski definition) is 7. The van der Waals surface area contributed by atoms with E-state index >= 15 is 0 Å². The molecule has 1 aromatic carbocycles. The van der Waals surface area contributed by atoms with Crippen LogP contribution in [0.4, 0.5) is 22.0 Å². The van der Waals surface area contributed by atoms with E-state index in [2.05, 4.69) is 15.6 Å². The Morgan fingerprint density at radius 2 is 1.66 bits per heavy atom. The number of imidazole rings is 1. The second kappa shape index (κ2) is 15.9. The van der Waals surface area contributed by atoms with Crippen LogP contribution in [0.2, 0.25) is 15.1 Å². The van der Waals surface area contributed by atoms with Crippen molar-refractivity contribution in [3.63, 3.8) is 0 Å². The van der Waals surface area contributed by atoms with Crippen molar-refractivity contribution in [2.45, 2.75) is 75.7 Å². The summed E-state index contributed by atoms with van der Waals surface area (Å²) in [4.78, 5) is 56.3. The Hall–Kier alpha value is -4.03. The van der Waals surface area contributed by atoms with Crippen LogP contribution in [0.3, 0.4) is 0 Å². The molecule has 50 heavy (non-hydrogen) atoms. The Kier molecular flexibility index (Phi) is 12.3. The number of alkyl halides is 1. The molecule has 3 aromatic rings. The van der Waals surface area contributed by atoms with Gasteiger partial charge in [-0.3, -0.25) is 19.0 Å². The number of hydrogen-bond acceptors (Lipinski definition) is 11. The molecule has 2 atom stereocenters. The van der Waals surface area contributed by atoms with Crippen molar-refractivity contribution < 1.29 is 48.7 Å². The molecule has 2 fully saturated rings. The number of aliphatic hydroxyl groups is 1. The number of ether oxygens (including phenoxy) is 1. The van der Waals surface area contributed by atoms with E-state index < -0.39 is 54.0 Å². The van der Waals surface area contributed by atoms with Crippen molar-refractivity contribution >= 4 is 87.4 Å². The molecule has 16 nitrogen and oxygen atoms in total. The van der Waals surface area contributed by atoms with E-state index in [9.17, 15) is 23.6 Å². The molecule has 0 unspecified atom stereocenters. The van der Waals surface area contributed by atoms with Crippen molar-refractivity contribution in [1.82, 2.24) is 19.5 Å². The number of nitrogens with zero attached hydrogens (tertiary/aromatic N) is 4. The number of carbonyl (C=O) groups is 4. The number of benzene rings is 1. The van der Waals surface area contributed by atoms with Crippen LogP contribution in [-0.4, -0.2) is 94.8 Å². The lowest BCUT2D eigenvalue weighted by atomic mass is 9.73. The monoisotopic (exact) mass is 761 g/mol. The number of nitrogens with two attached hydrogens (primary N) is 1. The van der Waals surface area contributed by atoms with Gasteiger partial charge in [0.25, 0.3) is 0 Å². The highest BCUT2D eigenvalue weighted by atomic mass is 35.5. The van der Waals surface area contributed by atoms with Gasteiger partial charge in [0, 0.05) is 23.1 Å². The maximum absolute atomic E-state index is 14.4. The minimum absolute atomic E-state index is 0.0369. The Labute approximate surface area is 299 Å². The molecular formula is C30H35Cl3FN7O9. The van der Waals surface area contributed by atoms with Crippen LogP contribution in [0.25, 0.3) is 11.2 Å². The minimum atomic E-state index is -2.74. The number of aliphatic carboxylic acids is 3. The Balaban J connectivity index is 0.000000369. The van der Waals surface area contributed by atoms with Crippen LogP contribution >= 0.6 is 34.8 Å². The van der Waals surface area contributed by atoms with E-state index in [4.69, 9.17) is 75.7 Å².